The smallest absolute Gasteiger partial charge is 0.306 e. The van der Waals surface area contributed by atoms with E-state index in [4.69, 9.17) is 10.5 Å². The maximum absolute atomic E-state index is 11.6. The van der Waals surface area contributed by atoms with E-state index in [1.807, 2.05) is 6.92 Å². The van der Waals surface area contributed by atoms with Gasteiger partial charge in [0.15, 0.2) is 0 Å². The monoisotopic (exact) mass is 241 g/mol. The lowest BCUT2D eigenvalue weighted by Crippen LogP contribution is -2.50. The number of carbonyl (C=O) groups is 1. The average Bonchev–Trinajstić information content (AvgIpc) is 2.21. The molecule has 0 aromatic rings. The summed E-state index contributed by atoms with van der Waals surface area (Å²) < 4.78 is 4.83. The van der Waals surface area contributed by atoms with Crippen molar-refractivity contribution in [2.45, 2.75) is 59.4 Å². The molecule has 0 aromatic carbocycles. The van der Waals surface area contributed by atoms with E-state index < -0.39 is 0 Å². The van der Waals surface area contributed by atoms with Gasteiger partial charge in [-0.25, -0.2) is 0 Å². The zero-order valence-electron chi connectivity index (χ0n) is 11.9. The van der Waals surface area contributed by atoms with Gasteiger partial charge in [-0.05, 0) is 42.9 Å². The zero-order valence-corrected chi connectivity index (χ0v) is 11.9. The van der Waals surface area contributed by atoms with Crippen LogP contribution in [0.25, 0.3) is 0 Å². The molecular weight excluding hydrogens is 214 g/mol. The van der Waals surface area contributed by atoms with Gasteiger partial charge in [0.05, 0.1) is 13.5 Å². The summed E-state index contributed by atoms with van der Waals surface area (Å²) in [7, 11) is 1.45. The van der Waals surface area contributed by atoms with Crippen LogP contribution in [0, 0.1) is 16.7 Å². The van der Waals surface area contributed by atoms with Crippen molar-refractivity contribution in [1.29, 1.82) is 0 Å². The highest BCUT2D eigenvalue weighted by molar-refractivity contribution is 5.70. The third kappa shape index (κ3) is 3.01. The van der Waals surface area contributed by atoms with Crippen molar-refractivity contribution in [1.82, 2.24) is 0 Å². The molecule has 0 heterocycles. The Morgan fingerprint density at radius 1 is 1.47 bits per heavy atom. The molecule has 0 aliphatic heterocycles. The van der Waals surface area contributed by atoms with Crippen LogP contribution in [0.1, 0.15) is 53.4 Å². The number of rotatable bonds is 3. The summed E-state index contributed by atoms with van der Waals surface area (Å²) in [5.74, 6) is 0.333. The number of carbonyl (C=O) groups excluding carboxylic acids is 1. The van der Waals surface area contributed by atoms with Crippen LogP contribution in [0.15, 0.2) is 0 Å². The summed E-state index contributed by atoms with van der Waals surface area (Å²) in [6.07, 6.45) is 3.74. The molecule has 3 atom stereocenters. The average molecular weight is 241 g/mol. The molecular formula is C14H27NO2. The maximum atomic E-state index is 11.6. The van der Waals surface area contributed by atoms with Crippen molar-refractivity contribution >= 4 is 5.97 Å². The molecule has 0 bridgehead atoms. The maximum Gasteiger partial charge on any atom is 0.306 e. The molecule has 1 saturated carbocycles. The molecule has 17 heavy (non-hydrogen) atoms. The second-order valence-corrected chi connectivity index (χ2v) is 6.54. The SMILES string of the molecule is COC(=O)CC1(C(C)N)CCC(C)(C)CC1C. The summed E-state index contributed by atoms with van der Waals surface area (Å²) in [4.78, 5) is 11.6. The van der Waals surface area contributed by atoms with Crippen molar-refractivity contribution in [2.75, 3.05) is 7.11 Å². The minimum absolute atomic E-state index is 0.0349. The van der Waals surface area contributed by atoms with Gasteiger partial charge < -0.3 is 10.5 Å². The fourth-order valence-corrected chi connectivity index (χ4v) is 3.39. The largest absolute Gasteiger partial charge is 0.469 e. The minimum atomic E-state index is -0.131. The quantitative estimate of drug-likeness (QED) is 0.773. The number of ether oxygens (including phenoxy) is 1. The lowest BCUT2D eigenvalue weighted by molar-refractivity contribution is -0.146. The molecule has 1 rings (SSSR count). The Hall–Kier alpha value is -0.570. The molecule has 0 radical (unpaired) electrons. The first kappa shape index (κ1) is 14.5. The van der Waals surface area contributed by atoms with Crippen LogP contribution < -0.4 is 5.73 Å². The summed E-state index contributed by atoms with van der Waals surface area (Å²) in [6.45, 7) is 8.85. The van der Waals surface area contributed by atoms with E-state index in [1.54, 1.807) is 0 Å². The fraction of sp³-hybridized carbons (Fsp3) is 0.929. The Morgan fingerprint density at radius 2 is 2.06 bits per heavy atom. The molecule has 1 aliphatic carbocycles. The van der Waals surface area contributed by atoms with E-state index in [9.17, 15) is 4.79 Å². The first-order valence-corrected chi connectivity index (χ1v) is 6.56. The van der Waals surface area contributed by atoms with Gasteiger partial charge >= 0.3 is 5.97 Å². The standard InChI is InChI=1S/C14H27NO2/c1-10-8-13(3,4)6-7-14(10,11(2)15)9-12(16)17-5/h10-11H,6-9,15H2,1-5H3. The molecule has 0 aromatic heterocycles. The Balaban J connectivity index is 2.90. The fourth-order valence-electron chi connectivity index (χ4n) is 3.39. The summed E-state index contributed by atoms with van der Waals surface area (Å²) in [6, 6.07) is 0.0349. The van der Waals surface area contributed by atoms with E-state index in [0.717, 1.165) is 19.3 Å². The highest BCUT2D eigenvalue weighted by Gasteiger charge is 2.47. The third-order valence-electron chi connectivity index (χ3n) is 4.72. The number of esters is 1. The van der Waals surface area contributed by atoms with Crippen LogP contribution in [-0.2, 0) is 9.53 Å². The normalized spacial score (nSPS) is 34.1. The molecule has 0 amide bonds. The highest BCUT2D eigenvalue weighted by atomic mass is 16.5. The molecule has 3 heteroatoms. The van der Waals surface area contributed by atoms with Crippen molar-refractivity contribution < 1.29 is 9.53 Å². The van der Waals surface area contributed by atoms with Gasteiger partial charge in [0, 0.05) is 6.04 Å². The van der Waals surface area contributed by atoms with Crippen LogP contribution >= 0.6 is 0 Å². The second-order valence-electron chi connectivity index (χ2n) is 6.54. The van der Waals surface area contributed by atoms with E-state index in [1.165, 1.54) is 7.11 Å². The van der Waals surface area contributed by atoms with Gasteiger partial charge in [-0.1, -0.05) is 20.8 Å². The molecule has 1 aliphatic rings. The number of hydrogen-bond donors (Lipinski definition) is 1. The van der Waals surface area contributed by atoms with Crippen LogP contribution in [0.4, 0.5) is 0 Å². The molecule has 0 saturated heterocycles. The van der Waals surface area contributed by atoms with Crippen molar-refractivity contribution in [3.05, 3.63) is 0 Å². The lowest BCUT2D eigenvalue weighted by Gasteiger charge is -2.50. The molecule has 100 valence electrons. The topological polar surface area (TPSA) is 52.3 Å². The van der Waals surface area contributed by atoms with Gasteiger partial charge in [0.1, 0.15) is 0 Å². The molecule has 3 nitrogen and oxygen atoms in total. The predicted octanol–water partition coefficient (Wildman–Crippen LogP) is 2.73. The number of nitrogens with two attached hydrogens (primary N) is 1. The van der Waals surface area contributed by atoms with Crippen molar-refractivity contribution in [3.63, 3.8) is 0 Å². The van der Waals surface area contributed by atoms with Gasteiger partial charge in [0.2, 0.25) is 0 Å². The van der Waals surface area contributed by atoms with E-state index in [0.29, 0.717) is 17.8 Å². The second kappa shape index (κ2) is 4.97. The van der Waals surface area contributed by atoms with Crippen LogP contribution in [-0.4, -0.2) is 19.1 Å². The molecule has 3 unspecified atom stereocenters. The number of hydrogen-bond acceptors (Lipinski definition) is 3. The van der Waals surface area contributed by atoms with Gasteiger partial charge in [0.25, 0.3) is 0 Å². The summed E-state index contributed by atoms with van der Waals surface area (Å²) >= 11 is 0. The van der Waals surface area contributed by atoms with Crippen molar-refractivity contribution in [3.8, 4) is 0 Å². The van der Waals surface area contributed by atoms with Crippen LogP contribution in [0.3, 0.4) is 0 Å². The molecule has 0 spiro atoms. The van der Waals surface area contributed by atoms with Gasteiger partial charge in [-0.2, -0.15) is 0 Å². The Morgan fingerprint density at radius 3 is 2.47 bits per heavy atom. The van der Waals surface area contributed by atoms with E-state index in [2.05, 4.69) is 20.8 Å². The first-order chi connectivity index (χ1) is 7.73. The summed E-state index contributed by atoms with van der Waals surface area (Å²) in [5, 5.41) is 0. The van der Waals surface area contributed by atoms with Crippen LogP contribution in [0.2, 0.25) is 0 Å². The summed E-state index contributed by atoms with van der Waals surface area (Å²) in [5.41, 5.74) is 6.46. The van der Waals surface area contributed by atoms with Crippen LogP contribution in [0.5, 0.6) is 0 Å². The third-order valence-corrected chi connectivity index (χ3v) is 4.72. The van der Waals surface area contributed by atoms with Gasteiger partial charge in [-0.15, -0.1) is 0 Å². The highest BCUT2D eigenvalue weighted by Crippen LogP contribution is 2.52. The predicted molar refractivity (Wildman–Crippen MR) is 69.5 cm³/mol. The van der Waals surface area contributed by atoms with E-state index in [-0.39, 0.29) is 17.4 Å². The molecule has 1 fully saturated rings. The van der Waals surface area contributed by atoms with Gasteiger partial charge in [-0.3, -0.25) is 4.79 Å². The molecule has 2 N–H and O–H groups in total. The van der Waals surface area contributed by atoms with E-state index >= 15 is 0 Å². The minimum Gasteiger partial charge on any atom is -0.469 e. The Bertz CT molecular complexity index is 286. The number of methoxy groups -OCH3 is 1. The Kier molecular flexibility index (Phi) is 4.23. The van der Waals surface area contributed by atoms with Crippen molar-refractivity contribution in [2.24, 2.45) is 22.5 Å². The zero-order chi connectivity index (χ0) is 13.3. The lowest BCUT2D eigenvalue weighted by atomic mass is 9.56. The Labute approximate surface area is 105 Å². The first-order valence-electron chi connectivity index (χ1n) is 6.56.